The number of nitrogens with zero attached hydrogens (tertiary/aromatic N) is 4. The van der Waals surface area contributed by atoms with Gasteiger partial charge < -0.3 is 35.3 Å². The monoisotopic (exact) mass is 604 g/mol. The van der Waals surface area contributed by atoms with E-state index in [1.807, 2.05) is 30.1 Å². The van der Waals surface area contributed by atoms with Crippen molar-refractivity contribution in [2.24, 2.45) is 30.4 Å². The number of piperidine rings is 1. The van der Waals surface area contributed by atoms with E-state index >= 15 is 0 Å². The van der Waals surface area contributed by atoms with Crippen LogP contribution in [0.2, 0.25) is 0 Å². The largest absolute Gasteiger partial charge is 0.507 e. The summed E-state index contributed by atoms with van der Waals surface area (Å²) in [5.74, 6) is 1.54. The number of aromatic hydroxyl groups is 1. The van der Waals surface area contributed by atoms with Gasteiger partial charge in [-0.3, -0.25) is 9.59 Å². The van der Waals surface area contributed by atoms with Gasteiger partial charge in [-0.1, -0.05) is 18.2 Å². The van der Waals surface area contributed by atoms with Crippen molar-refractivity contribution in [3.63, 3.8) is 0 Å². The first kappa shape index (κ1) is 27.7. The number of benzene rings is 3. The summed E-state index contributed by atoms with van der Waals surface area (Å²) in [5.41, 5.74) is 17.8. The number of fused-ring (bicyclic) bond motifs is 4. The van der Waals surface area contributed by atoms with Gasteiger partial charge in [0.1, 0.15) is 17.0 Å². The molecule has 5 aromatic rings. The number of likely N-dealkylation sites (tertiary alicyclic amines) is 1. The quantitative estimate of drug-likeness (QED) is 0.247. The van der Waals surface area contributed by atoms with Gasteiger partial charge in [-0.15, -0.1) is 0 Å². The zero-order valence-corrected chi connectivity index (χ0v) is 25.4. The smallest absolute Gasteiger partial charge is 0.254 e. The second-order valence-corrected chi connectivity index (χ2v) is 12.9. The molecular formula is C35H36N6O4. The highest BCUT2D eigenvalue weighted by molar-refractivity contribution is 6.01. The maximum atomic E-state index is 13.7. The summed E-state index contributed by atoms with van der Waals surface area (Å²) in [4.78, 5) is 32.4. The van der Waals surface area contributed by atoms with Crippen molar-refractivity contribution in [3.05, 3.63) is 65.7 Å². The maximum Gasteiger partial charge on any atom is 0.254 e. The molecule has 3 atom stereocenters. The van der Waals surface area contributed by atoms with Gasteiger partial charge in [0.2, 0.25) is 0 Å². The van der Waals surface area contributed by atoms with Gasteiger partial charge in [-0.25, -0.2) is 4.98 Å². The summed E-state index contributed by atoms with van der Waals surface area (Å²) in [6.07, 6.45) is 4.41. The zero-order chi connectivity index (χ0) is 31.1. The van der Waals surface area contributed by atoms with E-state index in [4.69, 9.17) is 21.2 Å². The molecule has 8 rings (SSSR count). The number of hydrogen-bond acceptors (Lipinski definition) is 6. The number of methoxy groups -OCH3 is 1. The van der Waals surface area contributed by atoms with E-state index in [0.29, 0.717) is 35.2 Å². The molecule has 0 spiro atoms. The van der Waals surface area contributed by atoms with Crippen LogP contribution in [0, 0.1) is 11.8 Å². The molecule has 45 heavy (non-hydrogen) atoms. The highest BCUT2D eigenvalue weighted by Crippen LogP contribution is 2.41. The summed E-state index contributed by atoms with van der Waals surface area (Å²) in [6.45, 7) is 1.56. The van der Waals surface area contributed by atoms with Gasteiger partial charge in [-0.05, 0) is 85.0 Å². The highest BCUT2D eigenvalue weighted by atomic mass is 16.5. The van der Waals surface area contributed by atoms with Crippen molar-refractivity contribution in [2.75, 3.05) is 13.7 Å². The molecule has 230 valence electrons. The van der Waals surface area contributed by atoms with Crippen molar-refractivity contribution < 1.29 is 19.4 Å². The summed E-state index contributed by atoms with van der Waals surface area (Å²) in [5, 5.41) is 11.5. The summed E-state index contributed by atoms with van der Waals surface area (Å²) in [6, 6.07) is 17.2. The Balaban J connectivity index is 1.23. The third-order valence-electron chi connectivity index (χ3n) is 10.2. The minimum Gasteiger partial charge on any atom is -0.507 e. The first-order chi connectivity index (χ1) is 21.7. The lowest BCUT2D eigenvalue weighted by Gasteiger charge is -2.27. The van der Waals surface area contributed by atoms with E-state index < -0.39 is 5.91 Å². The lowest BCUT2D eigenvalue weighted by Crippen LogP contribution is -2.41. The molecule has 1 saturated heterocycles. The van der Waals surface area contributed by atoms with Gasteiger partial charge in [0.25, 0.3) is 11.8 Å². The Kier molecular flexibility index (Phi) is 6.22. The Morgan fingerprint density at radius 3 is 2.47 bits per heavy atom. The fourth-order valence-electron chi connectivity index (χ4n) is 7.56. The molecule has 3 fully saturated rings. The lowest BCUT2D eigenvalue weighted by molar-refractivity contribution is 0.0700. The Labute approximate surface area is 260 Å². The molecule has 10 heteroatoms. The minimum atomic E-state index is -0.666. The van der Waals surface area contributed by atoms with E-state index in [1.165, 1.54) is 12.8 Å². The van der Waals surface area contributed by atoms with Gasteiger partial charge in [-0.2, -0.15) is 0 Å². The molecule has 5 N–H and O–H groups in total. The van der Waals surface area contributed by atoms with Crippen LogP contribution in [0.5, 0.6) is 11.5 Å². The third kappa shape index (κ3) is 4.38. The number of aryl methyl sites for hydroxylation is 1. The van der Waals surface area contributed by atoms with Crippen molar-refractivity contribution >= 4 is 33.8 Å². The molecule has 3 heterocycles. The van der Waals surface area contributed by atoms with Crippen LogP contribution in [0.25, 0.3) is 44.6 Å². The number of primary amides is 1. The molecular weight excluding hydrogens is 568 g/mol. The van der Waals surface area contributed by atoms with Crippen LogP contribution in [0.15, 0.2) is 54.6 Å². The Hall–Kier alpha value is -4.83. The number of carbonyl (C=O) groups is 2. The summed E-state index contributed by atoms with van der Waals surface area (Å²) < 4.78 is 10.2. The lowest BCUT2D eigenvalue weighted by atomic mass is 10.0. The molecule has 10 nitrogen and oxygen atoms in total. The van der Waals surface area contributed by atoms with Crippen LogP contribution in [0.1, 0.15) is 46.4 Å². The normalized spacial score (nSPS) is 20.9. The summed E-state index contributed by atoms with van der Waals surface area (Å²) >= 11 is 0. The van der Waals surface area contributed by atoms with Crippen LogP contribution in [0.3, 0.4) is 0 Å². The molecule has 3 aromatic carbocycles. The van der Waals surface area contributed by atoms with Crippen LogP contribution >= 0.6 is 0 Å². The Morgan fingerprint density at radius 1 is 1.02 bits per heavy atom. The van der Waals surface area contributed by atoms with E-state index in [-0.39, 0.29) is 29.3 Å². The number of ether oxygens (including phenoxy) is 1. The first-order valence-corrected chi connectivity index (χ1v) is 15.6. The fourth-order valence-corrected chi connectivity index (χ4v) is 7.56. The Bertz CT molecular complexity index is 2040. The topological polar surface area (TPSA) is 142 Å². The zero-order valence-electron chi connectivity index (χ0n) is 25.4. The molecule has 2 amide bonds. The van der Waals surface area contributed by atoms with Gasteiger partial charge >= 0.3 is 0 Å². The predicted octanol–water partition coefficient (Wildman–Crippen LogP) is 4.65. The van der Waals surface area contributed by atoms with E-state index in [1.54, 1.807) is 25.3 Å². The second kappa shape index (κ2) is 10.1. The van der Waals surface area contributed by atoms with Crippen molar-refractivity contribution in [2.45, 2.75) is 44.3 Å². The average molecular weight is 605 g/mol. The standard InChI is InChI=1S/C35H36N6O4/c1-39-32-25(11-23(15-30(32)45-2)35(44)41-17-22-8-10-26(41)31(22)36)38-34(39)28-13-21-6-5-19(12-27(21)40(28)16-18-3-4-18)20-7-9-24(33(37)43)29(42)14-20/h5-7,9,11-15,18,22,26,31,42H,3-4,8,10,16-17,36H2,1-2H3,(H2,37,43)/t22-,26-,31-/m1/s1. The number of nitrogens with two attached hydrogens (primary N) is 2. The number of aromatic nitrogens is 3. The number of phenols is 1. The highest BCUT2D eigenvalue weighted by Gasteiger charge is 2.47. The number of hydrogen-bond donors (Lipinski definition) is 3. The molecule has 0 unspecified atom stereocenters. The number of carbonyl (C=O) groups excluding carboxylic acids is 2. The van der Waals surface area contributed by atoms with Crippen molar-refractivity contribution in [1.29, 1.82) is 0 Å². The first-order valence-electron chi connectivity index (χ1n) is 15.6. The van der Waals surface area contributed by atoms with Gasteiger partial charge in [0, 0.05) is 48.7 Å². The third-order valence-corrected chi connectivity index (χ3v) is 10.2. The molecule has 2 aliphatic carbocycles. The molecule has 2 bridgehead atoms. The molecule has 2 saturated carbocycles. The number of rotatable bonds is 7. The van der Waals surface area contributed by atoms with Crippen LogP contribution in [0.4, 0.5) is 0 Å². The van der Waals surface area contributed by atoms with E-state index in [2.05, 4.69) is 27.3 Å². The van der Waals surface area contributed by atoms with Gasteiger partial charge in [0.15, 0.2) is 5.82 Å². The van der Waals surface area contributed by atoms with Crippen molar-refractivity contribution in [3.8, 4) is 34.1 Å². The van der Waals surface area contributed by atoms with E-state index in [0.717, 1.165) is 58.5 Å². The van der Waals surface area contributed by atoms with Crippen molar-refractivity contribution in [1.82, 2.24) is 19.0 Å². The second-order valence-electron chi connectivity index (χ2n) is 12.9. The predicted molar refractivity (Wildman–Crippen MR) is 172 cm³/mol. The van der Waals surface area contributed by atoms with Gasteiger partial charge in [0.05, 0.1) is 23.9 Å². The summed E-state index contributed by atoms with van der Waals surface area (Å²) in [7, 11) is 3.61. The molecule has 0 radical (unpaired) electrons. The van der Waals surface area contributed by atoms with E-state index in [9.17, 15) is 14.7 Å². The fraction of sp³-hybridized carbons (Fsp3) is 0.343. The average Bonchev–Trinajstić information content (AvgIpc) is 3.44. The minimum absolute atomic E-state index is 0.0182. The Morgan fingerprint density at radius 2 is 1.80 bits per heavy atom. The number of imidazole rings is 1. The SMILES string of the molecule is COc1cc(C(=O)N2C[C@H]3CC[C@@H]2[C@@H]3N)cc2nc(-c3cc4ccc(-c5ccc(C(N)=O)c(O)c5)cc4n3CC3CC3)n(C)c12. The number of amides is 2. The molecule has 3 aliphatic rings. The molecule has 2 aromatic heterocycles. The van der Waals surface area contributed by atoms with Crippen LogP contribution in [-0.2, 0) is 13.6 Å². The van der Waals surface area contributed by atoms with Crippen LogP contribution < -0.4 is 16.2 Å². The molecule has 1 aliphatic heterocycles. The maximum absolute atomic E-state index is 13.7. The van der Waals surface area contributed by atoms with Crippen LogP contribution in [-0.4, -0.2) is 61.7 Å².